The molecule has 3 aromatic rings. The van der Waals surface area contributed by atoms with Gasteiger partial charge in [0.15, 0.2) is 11.5 Å². The number of hydrogen-bond acceptors (Lipinski definition) is 9. The first kappa shape index (κ1) is 21.0. The number of nitrogens with two attached hydrogens (primary N) is 1. The number of hydrazone groups is 1. The maximum Gasteiger partial charge on any atom is 0.264 e. The normalized spacial score (nSPS) is 10.9. The van der Waals surface area contributed by atoms with Crippen LogP contribution in [-0.4, -0.2) is 45.0 Å². The molecule has 1 amide bonds. The molecule has 0 unspecified atom stereocenters. The average molecular weight is 427 g/mol. The van der Waals surface area contributed by atoms with Crippen molar-refractivity contribution in [2.75, 3.05) is 29.4 Å². The van der Waals surface area contributed by atoms with E-state index in [-0.39, 0.29) is 23.4 Å². The highest BCUT2D eigenvalue weighted by Crippen LogP contribution is 2.25. The van der Waals surface area contributed by atoms with E-state index in [2.05, 4.69) is 26.0 Å². The summed E-state index contributed by atoms with van der Waals surface area (Å²) in [5.74, 6) is 6.48. The number of phenolic OH excluding ortho intramolecular Hbond substituents is 1. The number of methoxy groups -OCH3 is 1. The third kappa shape index (κ3) is 5.20. The van der Waals surface area contributed by atoms with Crippen LogP contribution in [0.4, 0.5) is 11.6 Å². The van der Waals surface area contributed by atoms with E-state index >= 15 is 0 Å². The van der Waals surface area contributed by atoms with Gasteiger partial charge in [-0.05, 0) is 42.3 Å². The number of nitrogens with zero attached hydrogens (tertiary/aromatic N) is 4. The zero-order valence-corrected chi connectivity index (χ0v) is 17.2. The lowest BCUT2D eigenvalue weighted by atomic mass is 10.2. The first-order valence-electron chi connectivity index (χ1n) is 8.82. The van der Waals surface area contributed by atoms with E-state index in [4.69, 9.17) is 10.6 Å². The molecule has 0 aliphatic heterocycles. The highest BCUT2D eigenvalue weighted by molar-refractivity contribution is 7.99. The maximum absolute atomic E-state index is 12.2. The Morgan fingerprint density at radius 2 is 2.13 bits per heavy atom. The van der Waals surface area contributed by atoms with Crippen molar-refractivity contribution < 1.29 is 14.6 Å². The second-order valence-electron chi connectivity index (χ2n) is 6.13. The Labute approximate surface area is 177 Å². The zero-order valence-electron chi connectivity index (χ0n) is 16.4. The Kier molecular flexibility index (Phi) is 6.75. The molecular weight excluding hydrogens is 406 g/mol. The second-order valence-corrected chi connectivity index (χ2v) is 7.07. The number of hydrogen-bond donors (Lipinski definition) is 4. The Morgan fingerprint density at radius 3 is 2.87 bits per heavy atom. The van der Waals surface area contributed by atoms with Crippen LogP contribution in [0.25, 0.3) is 0 Å². The number of aryl methyl sites for hydroxylation is 1. The molecule has 10 nitrogen and oxygen atoms in total. The molecule has 0 fully saturated rings. The van der Waals surface area contributed by atoms with Gasteiger partial charge in [-0.3, -0.25) is 4.79 Å². The topological polar surface area (TPSA) is 140 Å². The number of aromatic hydroxyl groups is 1. The van der Waals surface area contributed by atoms with E-state index in [1.807, 2.05) is 31.2 Å². The molecule has 1 aromatic heterocycles. The van der Waals surface area contributed by atoms with Crippen LogP contribution in [0.3, 0.4) is 0 Å². The summed E-state index contributed by atoms with van der Waals surface area (Å²) in [4.78, 5) is 12.2. The van der Waals surface area contributed by atoms with Crippen LogP contribution < -0.4 is 21.3 Å². The Hall–Kier alpha value is -3.73. The third-order valence-electron chi connectivity index (χ3n) is 4.00. The Balaban J connectivity index is 1.54. The molecule has 1 heterocycles. The number of para-hydroxylation sites is 1. The SMILES string of the molecule is COc1ccc(/C=N/Nc2nnc(SCC(=O)Nc3ccccc3C)n2N)cc1O. The number of ether oxygens (including phenoxy) is 1. The number of aromatic nitrogens is 3. The highest BCUT2D eigenvalue weighted by atomic mass is 32.2. The van der Waals surface area contributed by atoms with Gasteiger partial charge in [0.25, 0.3) is 5.95 Å². The van der Waals surface area contributed by atoms with Crippen molar-refractivity contribution >= 4 is 35.5 Å². The minimum absolute atomic E-state index is 0.00565. The van der Waals surface area contributed by atoms with Crippen molar-refractivity contribution in [2.24, 2.45) is 5.10 Å². The van der Waals surface area contributed by atoms with Gasteiger partial charge in [0, 0.05) is 5.69 Å². The number of anilines is 2. The van der Waals surface area contributed by atoms with Crippen LogP contribution >= 0.6 is 11.8 Å². The standard InChI is InChI=1S/C19H21N7O3S/c1-12-5-3-4-6-14(12)22-17(28)11-30-19-25-24-18(26(19)20)23-21-10-13-7-8-16(29-2)15(27)9-13/h3-10,27H,11,20H2,1-2H3,(H,22,28)(H,23,24)/b21-10+. The largest absolute Gasteiger partial charge is 0.504 e. The second kappa shape index (κ2) is 9.65. The molecule has 0 bridgehead atoms. The number of nitrogen functional groups attached to an aromatic ring is 1. The number of carbonyl (C=O) groups is 1. The first-order valence-corrected chi connectivity index (χ1v) is 9.81. The number of phenols is 1. The molecular formula is C19H21N7O3S. The molecule has 5 N–H and O–H groups in total. The number of nitrogens with one attached hydrogen (secondary N) is 2. The number of carbonyl (C=O) groups excluding carboxylic acids is 1. The first-order chi connectivity index (χ1) is 14.5. The summed E-state index contributed by atoms with van der Waals surface area (Å²) in [6, 6.07) is 12.4. The molecule has 0 aliphatic carbocycles. The van der Waals surface area contributed by atoms with Crippen molar-refractivity contribution in [1.82, 2.24) is 14.9 Å². The van der Waals surface area contributed by atoms with E-state index in [0.29, 0.717) is 16.5 Å². The van der Waals surface area contributed by atoms with Crippen molar-refractivity contribution in [3.8, 4) is 11.5 Å². The van der Waals surface area contributed by atoms with E-state index in [0.717, 1.165) is 23.0 Å². The molecule has 156 valence electrons. The van der Waals surface area contributed by atoms with Gasteiger partial charge in [-0.25, -0.2) is 10.1 Å². The smallest absolute Gasteiger partial charge is 0.264 e. The van der Waals surface area contributed by atoms with Crippen molar-refractivity contribution in [3.05, 3.63) is 53.6 Å². The van der Waals surface area contributed by atoms with Gasteiger partial charge in [-0.15, -0.1) is 10.2 Å². The summed E-state index contributed by atoms with van der Waals surface area (Å²) in [5, 5.41) is 24.9. The van der Waals surface area contributed by atoms with Crippen molar-refractivity contribution in [1.29, 1.82) is 0 Å². The summed E-state index contributed by atoms with van der Waals surface area (Å²) in [5.41, 5.74) is 5.06. The predicted octanol–water partition coefficient (Wildman–Crippen LogP) is 2.19. The fourth-order valence-corrected chi connectivity index (χ4v) is 3.09. The van der Waals surface area contributed by atoms with E-state index < -0.39 is 0 Å². The molecule has 0 atom stereocenters. The van der Waals surface area contributed by atoms with Crippen LogP contribution in [0.1, 0.15) is 11.1 Å². The molecule has 11 heteroatoms. The lowest BCUT2D eigenvalue weighted by Crippen LogP contribution is -2.17. The van der Waals surface area contributed by atoms with Crippen LogP contribution in [0.5, 0.6) is 11.5 Å². The summed E-state index contributed by atoms with van der Waals surface area (Å²) in [6.45, 7) is 1.92. The third-order valence-corrected chi connectivity index (χ3v) is 4.94. The van der Waals surface area contributed by atoms with E-state index in [1.54, 1.807) is 12.1 Å². The van der Waals surface area contributed by atoms with Gasteiger partial charge in [-0.1, -0.05) is 30.0 Å². The quantitative estimate of drug-likeness (QED) is 0.186. The summed E-state index contributed by atoms with van der Waals surface area (Å²) >= 11 is 1.15. The predicted molar refractivity (Wildman–Crippen MR) is 117 cm³/mol. The van der Waals surface area contributed by atoms with Gasteiger partial charge in [0.2, 0.25) is 11.1 Å². The molecule has 0 saturated heterocycles. The summed E-state index contributed by atoms with van der Waals surface area (Å²) in [6.07, 6.45) is 1.48. The number of rotatable bonds is 8. The van der Waals surface area contributed by atoms with Crippen molar-refractivity contribution in [3.63, 3.8) is 0 Å². The van der Waals surface area contributed by atoms with E-state index in [1.165, 1.54) is 24.1 Å². The molecule has 0 aliphatic rings. The fourth-order valence-electron chi connectivity index (χ4n) is 2.43. The molecule has 3 rings (SSSR count). The molecule has 2 aromatic carbocycles. The van der Waals surface area contributed by atoms with Gasteiger partial charge in [0.05, 0.1) is 19.1 Å². The van der Waals surface area contributed by atoms with Crippen LogP contribution in [-0.2, 0) is 4.79 Å². The molecule has 0 spiro atoms. The Morgan fingerprint density at radius 1 is 1.33 bits per heavy atom. The van der Waals surface area contributed by atoms with Gasteiger partial charge in [-0.2, -0.15) is 5.10 Å². The zero-order chi connectivity index (χ0) is 21.5. The number of thioether (sulfide) groups is 1. The lowest BCUT2D eigenvalue weighted by molar-refractivity contribution is -0.113. The summed E-state index contributed by atoms with van der Waals surface area (Å²) < 4.78 is 6.19. The van der Waals surface area contributed by atoms with Crippen LogP contribution in [0.15, 0.2) is 52.7 Å². The fraction of sp³-hybridized carbons (Fsp3) is 0.158. The average Bonchev–Trinajstić information content (AvgIpc) is 3.08. The van der Waals surface area contributed by atoms with Gasteiger partial charge in [0.1, 0.15) is 0 Å². The van der Waals surface area contributed by atoms with Gasteiger partial charge < -0.3 is 21.0 Å². The van der Waals surface area contributed by atoms with Crippen molar-refractivity contribution in [2.45, 2.75) is 12.1 Å². The molecule has 0 saturated carbocycles. The minimum Gasteiger partial charge on any atom is -0.504 e. The molecule has 30 heavy (non-hydrogen) atoms. The monoisotopic (exact) mass is 427 g/mol. The van der Waals surface area contributed by atoms with Gasteiger partial charge >= 0.3 is 0 Å². The molecule has 0 radical (unpaired) electrons. The lowest BCUT2D eigenvalue weighted by Gasteiger charge is -2.07. The number of amides is 1. The van der Waals surface area contributed by atoms with Crippen LogP contribution in [0.2, 0.25) is 0 Å². The highest BCUT2D eigenvalue weighted by Gasteiger charge is 2.12. The van der Waals surface area contributed by atoms with Crippen LogP contribution in [0, 0.1) is 6.92 Å². The number of benzene rings is 2. The Bertz CT molecular complexity index is 1070. The van der Waals surface area contributed by atoms with E-state index in [9.17, 15) is 9.90 Å². The maximum atomic E-state index is 12.2. The summed E-state index contributed by atoms with van der Waals surface area (Å²) in [7, 11) is 1.47. The minimum atomic E-state index is -0.177.